The third-order valence-corrected chi connectivity index (χ3v) is 4.03. The van der Waals surface area contributed by atoms with Gasteiger partial charge in [-0.2, -0.15) is 4.98 Å². The van der Waals surface area contributed by atoms with Crippen LogP contribution < -0.4 is 5.32 Å². The van der Waals surface area contributed by atoms with Gasteiger partial charge in [-0.05, 0) is 24.9 Å². The van der Waals surface area contributed by atoms with Crippen LogP contribution in [0.15, 0.2) is 6.20 Å². The molecule has 1 aromatic heterocycles. The van der Waals surface area contributed by atoms with E-state index in [4.69, 9.17) is 27.9 Å². The van der Waals surface area contributed by atoms with Gasteiger partial charge in [0, 0.05) is 18.1 Å². The monoisotopic (exact) mass is 289 g/mol. The van der Waals surface area contributed by atoms with E-state index in [1.54, 1.807) is 0 Å². The zero-order chi connectivity index (χ0) is 13.3. The fourth-order valence-corrected chi connectivity index (χ4v) is 2.51. The number of hydrogen-bond donors (Lipinski definition) is 1. The van der Waals surface area contributed by atoms with E-state index in [2.05, 4.69) is 29.1 Å². The molecule has 0 aliphatic heterocycles. The van der Waals surface area contributed by atoms with Crippen molar-refractivity contribution in [2.24, 2.45) is 5.41 Å². The highest BCUT2D eigenvalue weighted by Gasteiger charge is 2.49. The van der Waals surface area contributed by atoms with E-state index < -0.39 is 0 Å². The van der Waals surface area contributed by atoms with E-state index >= 15 is 0 Å². The highest BCUT2D eigenvalue weighted by molar-refractivity contribution is 6.33. The van der Waals surface area contributed by atoms with Crippen molar-refractivity contribution in [2.75, 3.05) is 11.9 Å². The predicted octanol–water partition coefficient (Wildman–Crippen LogP) is 3.40. The zero-order valence-electron chi connectivity index (χ0n) is 10.7. The first-order valence-electron chi connectivity index (χ1n) is 6.01. The van der Waals surface area contributed by atoms with Crippen molar-refractivity contribution in [3.05, 3.63) is 16.5 Å². The van der Waals surface area contributed by atoms with Gasteiger partial charge >= 0.3 is 0 Å². The summed E-state index contributed by atoms with van der Waals surface area (Å²) in [5.41, 5.74) is 0.0523. The lowest BCUT2D eigenvalue weighted by Crippen LogP contribution is -2.58. The fraction of sp³-hybridized carbons (Fsp3) is 0.667. The van der Waals surface area contributed by atoms with Crippen LogP contribution in [0, 0.1) is 5.41 Å². The Morgan fingerprint density at radius 1 is 1.50 bits per heavy atom. The number of ether oxygens (including phenoxy) is 1. The van der Waals surface area contributed by atoms with E-state index in [1.807, 2.05) is 6.92 Å². The fourth-order valence-electron chi connectivity index (χ4n) is 2.23. The minimum atomic E-state index is 0.0523. The van der Waals surface area contributed by atoms with Gasteiger partial charge in [-0.3, -0.25) is 0 Å². The van der Waals surface area contributed by atoms with E-state index in [1.165, 1.54) is 6.20 Å². The Labute approximate surface area is 117 Å². The molecule has 0 amide bonds. The number of nitrogens with one attached hydrogen (secondary N) is 1. The van der Waals surface area contributed by atoms with Gasteiger partial charge in [0.2, 0.25) is 5.28 Å². The Kier molecular flexibility index (Phi) is 3.99. The standard InChI is InChI=1S/C12H17Cl2N3O/c1-4-18-9-5-8(12(9,2)3)16-10-7(13)6-15-11(14)17-10/h6,8-9H,4-5H2,1-3H3,(H,15,16,17). The summed E-state index contributed by atoms with van der Waals surface area (Å²) < 4.78 is 5.68. The average molecular weight is 290 g/mol. The topological polar surface area (TPSA) is 47.0 Å². The van der Waals surface area contributed by atoms with Crippen LogP contribution in [-0.2, 0) is 4.74 Å². The maximum atomic E-state index is 6.03. The summed E-state index contributed by atoms with van der Waals surface area (Å²) in [6.07, 6.45) is 2.72. The predicted molar refractivity (Wildman–Crippen MR) is 73.3 cm³/mol. The highest BCUT2D eigenvalue weighted by Crippen LogP contribution is 2.44. The van der Waals surface area contributed by atoms with Crippen LogP contribution in [-0.4, -0.2) is 28.7 Å². The lowest BCUT2D eigenvalue weighted by atomic mass is 9.64. The summed E-state index contributed by atoms with van der Waals surface area (Å²) in [5, 5.41) is 3.99. The summed E-state index contributed by atoms with van der Waals surface area (Å²) in [6.45, 7) is 7.09. The molecule has 0 aromatic carbocycles. The first-order valence-corrected chi connectivity index (χ1v) is 6.77. The molecule has 0 radical (unpaired) electrons. The van der Waals surface area contributed by atoms with Crippen molar-refractivity contribution in [1.29, 1.82) is 0 Å². The summed E-state index contributed by atoms with van der Waals surface area (Å²) >= 11 is 11.8. The van der Waals surface area contributed by atoms with Crippen LogP contribution in [0.2, 0.25) is 10.3 Å². The number of rotatable bonds is 4. The lowest BCUT2D eigenvalue weighted by molar-refractivity contribution is -0.0976. The largest absolute Gasteiger partial charge is 0.378 e. The molecule has 1 N–H and O–H groups in total. The molecule has 0 spiro atoms. The Morgan fingerprint density at radius 3 is 2.83 bits per heavy atom. The average Bonchev–Trinajstić information content (AvgIpc) is 2.32. The summed E-state index contributed by atoms with van der Waals surface area (Å²) in [6, 6.07) is 0.275. The molecular weight excluding hydrogens is 273 g/mol. The van der Waals surface area contributed by atoms with Crippen LogP contribution in [0.4, 0.5) is 5.82 Å². The van der Waals surface area contributed by atoms with E-state index in [9.17, 15) is 0 Å². The molecule has 4 nitrogen and oxygen atoms in total. The second-order valence-electron chi connectivity index (χ2n) is 5.03. The molecule has 2 unspecified atom stereocenters. The molecule has 1 heterocycles. The summed E-state index contributed by atoms with van der Waals surface area (Å²) in [7, 11) is 0. The van der Waals surface area contributed by atoms with Crippen molar-refractivity contribution in [3.63, 3.8) is 0 Å². The second kappa shape index (κ2) is 5.19. The van der Waals surface area contributed by atoms with Crippen LogP contribution in [0.25, 0.3) is 0 Å². The maximum absolute atomic E-state index is 6.03. The molecule has 18 heavy (non-hydrogen) atoms. The number of hydrogen-bond acceptors (Lipinski definition) is 4. The molecule has 6 heteroatoms. The molecule has 1 aliphatic rings. The molecule has 1 saturated carbocycles. The van der Waals surface area contributed by atoms with Crippen LogP contribution >= 0.6 is 23.2 Å². The van der Waals surface area contributed by atoms with Crippen LogP contribution in [0.3, 0.4) is 0 Å². The molecule has 2 atom stereocenters. The molecule has 1 aliphatic carbocycles. The van der Waals surface area contributed by atoms with Gasteiger partial charge < -0.3 is 10.1 Å². The number of anilines is 1. The first-order chi connectivity index (χ1) is 8.45. The van der Waals surface area contributed by atoms with Gasteiger partial charge in [0.05, 0.1) is 12.3 Å². The van der Waals surface area contributed by atoms with Gasteiger partial charge in [0.15, 0.2) is 0 Å². The van der Waals surface area contributed by atoms with E-state index in [0.29, 0.717) is 10.8 Å². The van der Waals surface area contributed by atoms with Crippen LogP contribution in [0.5, 0.6) is 0 Å². The third-order valence-electron chi connectivity index (χ3n) is 3.57. The van der Waals surface area contributed by atoms with E-state index in [-0.39, 0.29) is 22.8 Å². The summed E-state index contributed by atoms with van der Waals surface area (Å²) in [4.78, 5) is 7.93. The normalized spacial score (nSPS) is 25.6. The quantitative estimate of drug-likeness (QED) is 0.863. The Morgan fingerprint density at radius 2 is 2.22 bits per heavy atom. The third kappa shape index (κ3) is 2.56. The van der Waals surface area contributed by atoms with Crippen molar-refractivity contribution >= 4 is 29.0 Å². The van der Waals surface area contributed by atoms with Crippen molar-refractivity contribution in [1.82, 2.24) is 9.97 Å². The summed E-state index contributed by atoms with van der Waals surface area (Å²) in [5.74, 6) is 0.588. The van der Waals surface area contributed by atoms with Gasteiger partial charge in [-0.25, -0.2) is 4.98 Å². The molecule has 2 rings (SSSR count). The van der Waals surface area contributed by atoms with Gasteiger partial charge in [-0.15, -0.1) is 0 Å². The first kappa shape index (κ1) is 13.8. The molecule has 0 bridgehead atoms. The highest BCUT2D eigenvalue weighted by atomic mass is 35.5. The van der Waals surface area contributed by atoms with Crippen molar-refractivity contribution in [2.45, 2.75) is 39.3 Å². The van der Waals surface area contributed by atoms with Gasteiger partial charge in [-0.1, -0.05) is 25.4 Å². The minimum Gasteiger partial charge on any atom is -0.378 e. The second-order valence-corrected chi connectivity index (χ2v) is 5.78. The zero-order valence-corrected chi connectivity index (χ0v) is 12.2. The minimum absolute atomic E-state index is 0.0523. The smallest absolute Gasteiger partial charge is 0.224 e. The molecule has 100 valence electrons. The Bertz CT molecular complexity index is 439. The maximum Gasteiger partial charge on any atom is 0.224 e. The van der Waals surface area contributed by atoms with Crippen molar-refractivity contribution < 1.29 is 4.74 Å². The van der Waals surface area contributed by atoms with E-state index in [0.717, 1.165) is 13.0 Å². The Hall–Kier alpha value is -0.580. The molecule has 0 saturated heterocycles. The van der Waals surface area contributed by atoms with Gasteiger partial charge in [0.25, 0.3) is 0 Å². The van der Waals surface area contributed by atoms with Gasteiger partial charge in [0.1, 0.15) is 10.8 Å². The Balaban J connectivity index is 2.05. The molecular formula is C12H17Cl2N3O. The van der Waals surface area contributed by atoms with Crippen molar-refractivity contribution in [3.8, 4) is 0 Å². The number of nitrogens with zero attached hydrogens (tertiary/aromatic N) is 2. The number of halogens is 2. The molecule has 1 fully saturated rings. The SMILES string of the molecule is CCOC1CC(Nc2nc(Cl)ncc2Cl)C1(C)C. The lowest BCUT2D eigenvalue weighted by Gasteiger charge is -2.51. The number of aromatic nitrogens is 2. The molecule has 1 aromatic rings. The van der Waals surface area contributed by atoms with Crippen LogP contribution in [0.1, 0.15) is 27.2 Å².